The zero-order valence-electron chi connectivity index (χ0n) is 8.07. The van der Waals surface area contributed by atoms with Crippen LogP contribution in [0.15, 0.2) is 16.6 Å². The third-order valence-corrected chi connectivity index (χ3v) is 2.67. The van der Waals surface area contributed by atoms with Crippen molar-refractivity contribution in [3.8, 4) is 11.5 Å². The highest BCUT2D eigenvalue weighted by Crippen LogP contribution is 2.34. The molecule has 0 fully saturated rings. The number of aromatic hydroxyl groups is 2. The number of halogens is 1. The van der Waals surface area contributed by atoms with Crippen molar-refractivity contribution in [3.63, 3.8) is 0 Å². The molecule has 0 radical (unpaired) electrons. The predicted octanol–water partition coefficient (Wildman–Crippen LogP) is 2.12. The maximum Gasteiger partial charge on any atom is 0.306 e. The molecule has 4 nitrogen and oxygen atoms in total. The molecule has 0 amide bonds. The van der Waals surface area contributed by atoms with E-state index in [0.29, 0.717) is 16.5 Å². The molecular formula is C10H11BrO4. The van der Waals surface area contributed by atoms with Gasteiger partial charge in [-0.3, -0.25) is 4.79 Å². The molecule has 15 heavy (non-hydrogen) atoms. The molecule has 1 aromatic carbocycles. The van der Waals surface area contributed by atoms with Crippen LogP contribution in [-0.2, 0) is 11.2 Å². The molecule has 0 aliphatic heterocycles. The van der Waals surface area contributed by atoms with Gasteiger partial charge in [-0.05, 0) is 40.0 Å². The molecule has 0 heterocycles. The van der Waals surface area contributed by atoms with E-state index in [1.807, 2.05) is 0 Å². The summed E-state index contributed by atoms with van der Waals surface area (Å²) in [5.41, 5.74) is 0.659. The minimum absolute atomic E-state index is 0.235. The molecule has 0 saturated heterocycles. The van der Waals surface area contributed by atoms with Crippen LogP contribution in [0.1, 0.15) is 12.5 Å². The monoisotopic (exact) mass is 274 g/mol. The average Bonchev–Trinajstić information content (AvgIpc) is 2.13. The van der Waals surface area contributed by atoms with Crippen LogP contribution in [0.3, 0.4) is 0 Å². The molecule has 82 valence electrons. The Labute approximate surface area is 95.3 Å². The molecule has 0 saturated carbocycles. The lowest BCUT2D eigenvalue weighted by Gasteiger charge is -2.08. The number of carbonyl (C=O) groups is 1. The number of phenolic OH excluding ortho intramolecular Hbond substituents is 2. The molecule has 1 unspecified atom stereocenters. The number of benzene rings is 1. The lowest BCUT2D eigenvalue weighted by atomic mass is 10.0. The summed E-state index contributed by atoms with van der Waals surface area (Å²) in [7, 11) is 0. The van der Waals surface area contributed by atoms with Crippen molar-refractivity contribution in [2.24, 2.45) is 5.92 Å². The van der Waals surface area contributed by atoms with Gasteiger partial charge in [-0.15, -0.1) is 0 Å². The Morgan fingerprint density at radius 1 is 1.47 bits per heavy atom. The molecule has 5 heteroatoms. The van der Waals surface area contributed by atoms with E-state index in [2.05, 4.69) is 15.9 Å². The quantitative estimate of drug-likeness (QED) is 0.738. The molecule has 0 aliphatic carbocycles. The number of carboxylic acids is 1. The van der Waals surface area contributed by atoms with E-state index >= 15 is 0 Å². The smallest absolute Gasteiger partial charge is 0.306 e. The third kappa shape index (κ3) is 2.86. The van der Waals surface area contributed by atoms with Crippen LogP contribution in [0.5, 0.6) is 11.5 Å². The predicted molar refractivity (Wildman–Crippen MR) is 58.0 cm³/mol. The Morgan fingerprint density at radius 3 is 2.53 bits per heavy atom. The number of hydrogen-bond acceptors (Lipinski definition) is 3. The molecule has 3 N–H and O–H groups in total. The highest BCUT2D eigenvalue weighted by Gasteiger charge is 2.14. The highest BCUT2D eigenvalue weighted by molar-refractivity contribution is 9.10. The number of phenols is 2. The van der Waals surface area contributed by atoms with E-state index < -0.39 is 11.9 Å². The molecule has 0 spiro atoms. The van der Waals surface area contributed by atoms with Gasteiger partial charge in [0, 0.05) is 0 Å². The molecule has 0 aliphatic rings. The van der Waals surface area contributed by atoms with E-state index in [-0.39, 0.29) is 11.5 Å². The molecule has 1 rings (SSSR count). The standard InChI is InChI=1S/C10H11BrO4/c1-5(10(14)15)2-6-3-7(11)9(13)8(12)4-6/h3-5,12-13H,2H2,1H3,(H,14,15). The first-order valence-electron chi connectivity index (χ1n) is 4.35. The average molecular weight is 275 g/mol. The van der Waals surface area contributed by atoms with Crippen LogP contribution >= 0.6 is 15.9 Å². The second kappa shape index (κ2) is 4.53. The molecular weight excluding hydrogens is 264 g/mol. The van der Waals surface area contributed by atoms with E-state index in [1.165, 1.54) is 6.07 Å². The zero-order chi connectivity index (χ0) is 11.6. The summed E-state index contributed by atoms with van der Waals surface area (Å²) in [5.74, 6) is -1.90. The van der Waals surface area contributed by atoms with E-state index in [4.69, 9.17) is 5.11 Å². The molecule has 1 atom stereocenters. The van der Waals surface area contributed by atoms with Crippen molar-refractivity contribution in [2.45, 2.75) is 13.3 Å². The van der Waals surface area contributed by atoms with E-state index in [9.17, 15) is 15.0 Å². The number of aliphatic carboxylic acids is 1. The second-order valence-corrected chi connectivity index (χ2v) is 4.24. The number of carboxylic acid groups (broad SMARTS) is 1. The summed E-state index contributed by atoms with van der Waals surface area (Å²) in [6, 6.07) is 2.95. The summed E-state index contributed by atoms with van der Waals surface area (Å²) >= 11 is 3.07. The van der Waals surface area contributed by atoms with Crippen LogP contribution < -0.4 is 0 Å². The van der Waals surface area contributed by atoms with Crippen LogP contribution in [0, 0.1) is 5.92 Å². The van der Waals surface area contributed by atoms with Gasteiger partial charge in [-0.1, -0.05) is 6.92 Å². The Hall–Kier alpha value is -1.23. The van der Waals surface area contributed by atoms with Crippen LogP contribution in [-0.4, -0.2) is 21.3 Å². The van der Waals surface area contributed by atoms with Crippen molar-refractivity contribution < 1.29 is 20.1 Å². The number of hydrogen-bond donors (Lipinski definition) is 3. The van der Waals surface area contributed by atoms with Gasteiger partial charge in [-0.25, -0.2) is 0 Å². The first kappa shape index (κ1) is 11.8. The Kier molecular flexibility index (Phi) is 3.57. The maximum atomic E-state index is 10.6. The molecule has 1 aromatic rings. The Balaban J connectivity index is 2.92. The van der Waals surface area contributed by atoms with Crippen molar-refractivity contribution in [2.75, 3.05) is 0 Å². The summed E-state index contributed by atoms with van der Waals surface area (Å²) in [6.45, 7) is 1.58. The van der Waals surface area contributed by atoms with Gasteiger partial charge in [0.2, 0.25) is 0 Å². The first-order valence-corrected chi connectivity index (χ1v) is 5.14. The maximum absolute atomic E-state index is 10.6. The lowest BCUT2D eigenvalue weighted by Crippen LogP contribution is -2.12. The number of rotatable bonds is 3. The van der Waals surface area contributed by atoms with Crippen LogP contribution in [0.2, 0.25) is 0 Å². The minimum Gasteiger partial charge on any atom is -0.504 e. The van der Waals surface area contributed by atoms with Gasteiger partial charge in [0.15, 0.2) is 11.5 Å². The Morgan fingerprint density at radius 2 is 2.07 bits per heavy atom. The van der Waals surface area contributed by atoms with Crippen LogP contribution in [0.4, 0.5) is 0 Å². The second-order valence-electron chi connectivity index (χ2n) is 3.39. The highest BCUT2D eigenvalue weighted by atomic mass is 79.9. The fourth-order valence-electron chi connectivity index (χ4n) is 1.20. The van der Waals surface area contributed by atoms with Crippen molar-refractivity contribution in [3.05, 3.63) is 22.2 Å². The summed E-state index contributed by atoms with van der Waals surface area (Å²) in [4.78, 5) is 10.6. The minimum atomic E-state index is -0.890. The Bertz CT molecular complexity index is 366. The lowest BCUT2D eigenvalue weighted by molar-refractivity contribution is -0.141. The largest absolute Gasteiger partial charge is 0.504 e. The van der Waals surface area contributed by atoms with Crippen LogP contribution in [0.25, 0.3) is 0 Å². The van der Waals surface area contributed by atoms with Crippen molar-refractivity contribution in [1.82, 2.24) is 0 Å². The van der Waals surface area contributed by atoms with Crippen molar-refractivity contribution >= 4 is 21.9 Å². The fourth-order valence-corrected chi connectivity index (χ4v) is 1.69. The topological polar surface area (TPSA) is 77.8 Å². The normalized spacial score (nSPS) is 12.4. The van der Waals surface area contributed by atoms with Gasteiger partial charge >= 0.3 is 5.97 Å². The van der Waals surface area contributed by atoms with Gasteiger partial charge in [-0.2, -0.15) is 0 Å². The molecule has 0 bridgehead atoms. The van der Waals surface area contributed by atoms with Crippen molar-refractivity contribution in [1.29, 1.82) is 0 Å². The van der Waals surface area contributed by atoms with Gasteiger partial charge in [0.1, 0.15) is 0 Å². The van der Waals surface area contributed by atoms with Gasteiger partial charge in [0.25, 0.3) is 0 Å². The summed E-state index contributed by atoms with van der Waals surface area (Å²) in [5, 5.41) is 27.3. The fraction of sp³-hybridized carbons (Fsp3) is 0.300. The zero-order valence-corrected chi connectivity index (χ0v) is 9.65. The van der Waals surface area contributed by atoms with E-state index in [1.54, 1.807) is 13.0 Å². The first-order chi connectivity index (χ1) is 6.91. The van der Waals surface area contributed by atoms with Gasteiger partial charge in [0.05, 0.1) is 10.4 Å². The van der Waals surface area contributed by atoms with Gasteiger partial charge < -0.3 is 15.3 Å². The summed E-state index contributed by atoms with van der Waals surface area (Å²) in [6.07, 6.45) is 0.307. The third-order valence-electron chi connectivity index (χ3n) is 2.07. The SMILES string of the molecule is CC(Cc1cc(O)c(O)c(Br)c1)C(=O)O. The summed E-state index contributed by atoms with van der Waals surface area (Å²) < 4.78 is 0.357. The van der Waals surface area contributed by atoms with E-state index in [0.717, 1.165) is 0 Å². The molecule has 0 aromatic heterocycles.